The van der Waals surface area contributed by atoms with Crippen LogP contribution in [0.3, 0.4) is 0 Å². The number of benzene rings is 2. The fourth-order valence-corrected chi connectivity index (χ4v) is 5.78. The monoisotopic (exact) mass is 693 g/mol. The third kappa shape index (κ3) is 17.8. The summed E-state index contributed by atoms with van der Waals surface area (Å²) in [5.74, 6) is 1.64. The maximum atomic E-state index is 10.7. The van der Waals surface area contributed by atoms with Crippen LogP contribution < -0.4 is 9.47 Å². The smallest absolute Gasteiger partial charge is 0.128 e. The van der Waals surface area contributed by atoms with E-state index in [0.29, 0.717) is 35.8 Å². The van der Waals surface area contributed by atoms with Gasteiger partial charge in [-0.25, -0.2) is 0 Å². The zero-order valence-corrected chi connectivity index (χ0v) is 32.8. The lowest BCUT2D eigenvalue weighted by Crippen LogP contribution is -2.42. The Labute approximate surface area is 306 Å². The fourth-order valence-electron chi connectivity index (χ4n) is 5.78. The van der Waals surface area contributed by atoms with Crippen molar-refractivity contribution in [3.8, 4) is 23.0 Å². The molecule has 0 heterocycles. The minimum atomic E-state index is -0.589. The first kappa shape index (κ1) is 43.1. The fraction of sp³-hybridized carbons (Fsp3) is 0.682. The Morgan fingerprint density at radius 1 is 0.480 bits per heavy atom. The standard InChI is InChI=1S/C44H72N2O4/c1-7-9-11-13-15-17-19-21-23-25-31-49-39-29-27-37(41(47)33-39)35-45-43(3,4)44(5,6)46-36-38-28-30-40(34-42(38)48)50-32-26-24-22-20-18-16-14-12-10-8-2/h27-30,33-36,47-48H,7-26,31-32H2,1-6H3. The average Bonchev–Trinajstić information content (AvgIpc) is 3.08. The number of phenols is 2. The van der Waals surface area contributed by atoms with Crippen molar-refractivity contribution >= 4 is 12.4 Å². The van der Waals surface area contributed by atoms with Crippen LogP contribution in [0.15, 0.2) is 46.4 Å². The molecule has 0 atom stereocenters. The van der Waals surface area contributed by atoms with Gasteiger partial charge in [0.1, 0.15) is 23.0 Å². The number of nitrogens with zero attached hydrogens (tertiary/aromatic N) is 2. The van der Waals surface area contributed by atoms with Crippen LogP contribution in [0.5, 0.6) is 23.0 Å². The first-order valence-electron chi connectivity index (χ1n) is 20.1. The van der Waals surface area contributed by atoms with Crippen LogP contribution in [0.2, 0.25) is 0 Å². The third-order valence-electron chi connectivity index (χ3n) is 10.1. The van der Waals surface area contributed by atoms with Gasteiger partial charge in [-0.05, 0) is 64.8 Å². The lowest BCUT2D eigenvalue weighted by molar-refractivity contribution is 0.302. The molecule has 0 aliphatic carbocycles. The number of aromatic hydroxyl groups is 2. The zero-order chi connectivity index (χ0) is 36.5. The molecule has 0 radical (unpaired) electrons. The Hall–Kier alpha value is -3.02. The molecule has 282 valence electrons. The zero-order valence-electron chi connectivity index (χ0n) is 32.8. The molecule has 6 heteroatoms. The molecule has 0 amide bonds. The van der Waals surface area contributed by atoms with E-state index in [0.717, 1.165) is 12.8 Å². The van der Waals surface area contributed by atoms with Crippen molar-refractivity contribution < 1.29 is 19.7 Å². The summed E-state index contributed by atoms with van der Waals surface area (Å²) in [5.41, 5.74) is 0.0910. The molecule has 6 nitrogen and oxygen atoms in total. The van der Waals surface area contributed by atoms with Gasteiger partial charge >= 0.3 is 0 Å². The molecule has 2 aromatic rings. The van der Waals surface area contributed by atoms with Gasteiger partial charge in [0.05, 0.1) is 24.3 Å². The van der Waals surface area contributed by atoms with Crippen LogP contribution in [-0.4, -0.2) is 46.9 Å². The Kier molecular flexibility index (Phi) is 21.6. The van der Waals surface area contributed by atoms with E-state index < -0.39 is 11.1 Å². The molecule has 0 saturated carbocycles. The molecular weight excluding hydrogens is 620 g/mol. The normalized spacial score (nSPS) is 12.4. The third-order valence-corrected chi connectivity index (χ3v) is 10.1. The van der Waals surface area contributed by atoms with Crippen molar-refractivity contribution in [1.82, 2.24) is 0 Å². The van der Waals surface area contributed by atoms with Gasteiger partial charge < -0.3 is 19.7 Å². The number of hydrogen-bond donors (Lipinski definition) is 2. The van der Waals surface area contributed by atoms with E-state index in [4.69, 9.17) is 19.5 Å². The van der Waals surface area contributed by atoms with Gasteiger partial charge in [0.25, 0.3) is 0 Å². The van der Waals surface area contributed by atoms with E-state index in [1.165, 1.54) is 116 Å². The quantitative estimate of drug-likeness (QED) is 0.0656. The molecule has 0 spiro atoms. The molecule has 0 aliphatic heterocycles. The number of ether oxygens (including phenoxy) is 2. The van der Waals surface area contributed by atoms with Gasteiger partial charge in [-0.3, -0.25) is 9.98 Å². The summed E-state index contributed by atoms with van der Waals surface area (Å²) in [4.78, 5) is 9.65. The first-order valence-corrected chi connectivity index (χ1v) is 20.1. The summed E-state index contributed by atoms with van der Waals surface area (Å²) < 4.78 is 11.8. The summed E-state index contributed by atoms with van der Waals surface area (Å²) >= 11 is 0. The predicted molar refractivity (Wildman–Crippen MR) is 214 cm³/mol. The number of hydrogen-bond acceptors (Lipinski definition) is 6. The molecule has 0 aromatic heterocycles. The predicted octanol–water partition coefficient (Wildman–Crippen LogP) is 12.8. The minimum absolute atomic E-state index is 0.145. The number of aliphatic imine (C=N–C) groups is 2. The van der Waals surface area contributed by atoms with Crippen molar-refractivity contribution in [1.29, 1.82) is 0 Å². The topological polar surface area (TPSA) is 83.6 Å². The molecular formula is C44H72N2O4. The average molecular weight is 693 g/mol. The van der Waals surface area contributed by atoms with Crippen LogP contribution in [0, 0.1) is 0 Å². The minimum Gasteiger partial charge on any atom is -0.507 e. The highest BCUT2D eigenvalue weighted by molar-refractivity contribution is 5.85. The van der Waals surface area contributed by atoms with E-state index in [1.807, 2.05) is 52.0 Å². The van der Waals surface area contributed by atoms with Gasteiger partial charge in [-0.2, -0.15) is 0 Å². The molecule has 2 aromatic carbocycles. The van der Waals surface area contributed by atoms with Crippen molar-refractivity contribution in [2.45, 2.75) is 181 Å². The van der Waals surface area contributed by atoms with E-state index in [1.54, 1.807) is 24.6 Å². The van der Waals surface area contributed by atoms with Gasteiger partial charge in [0, 0.05) is 35.7 Å². The molecule has 2 rings (SSSR count). The molecule has 0 saturated heterocycles. The highest BCUT2D eigenvalue weighted by Crippen LogP contribution is 2.31. The molecule has 0 unspecified atom stereocenters. The van der Waals surface area contributed by atoms with Gasteiger partial charge in [0.2, 0.25) is 0 Å². The Bertz CT molecular complexity index is 1140. The van der Waals surface area contributed by atoms with Crippen molar-refractivity contribution in [2.24, 2.45) is 9.98 Å². The van der Waals surface area contributed by atoms with Crippen molar-refractivity contribution in [3.05, 3.63) is 47.5 Å². The highest BCUT2D eigenvalue weighted by atomic mass is 16.5. The largest absolute Gasteiger partial charge is 0.507 e. The maximum Gasteiger partial charge on any atom is 0.128 e. The van der Waals surface area contributed by atoms with E-state index in [2.05, 4.69) is 13.8 Å². The Balaban J connectivity index is 1.75. The van der Waals surface area contributed by atoms with Gasteiger partial charge in [-0.1, -0.05) is 129 Å². The summed E-state index contributed by atoms with van der Waals surface area (Å²) in [6.07, 6.45) is 29.2. The molecule has 0 aliphatic rings. The highest BCUT2D eigenvalue weighted by Gasteiger charge is 2.36. The van der Waals surface area contributed by atoms with Crippen LogP contribution in [0.4, 0.5) is 0 Å². The van der Waals surface area contributed by atoms with Crippen LogP contribution >= 0.6 is 0 Å². The molecule has 50 heavy (non-hydrogen) atoms. The van der Waals surface area contributed by atoms with Crippen LogP contribution in [0.1, 0.15) is 181 Å². The SMILES string of the molecule is CCCCCCCCCCCCOc1ccc(C=NC(C)(C)C(C)(C)N=Cc2ccc(OCCCCCCCCCCCC)cc2O)c(O)c1. The molecule has 0 fully saturated rings. The second-order valence-corrected chi connectivity index (χ2v) is 15.1. The van der Waals surface area contributed by atoms with E-state index >= 15 is 0 Å². The van der Waals surface area contributed by atoms with Crippen molar-refractivity contribution in [3.63, 3.8) is 0 Å². The number of phenolic OH excluding ortho intramolecular Hbond substituents is 2. The lowest BCUT2D eigenvalue weighted by atomic mass is 9.83. The van der Waals surface area contributed by atoms with Crippen LogP contribution in [-0.2, 0) is 0 Å². The number of rotatable bonds is 29. The molecule has 2 N–H and O–H groups in total. The van der Waals surface area contributed by atoms with Crippen LogP contribution in [0.25, 0.3) is 0 Å². The number of unbranched alkanes of at least 4 members (excludes halogenated alkanes) is 18. The maximum absolute atomic E-state index is 10.7. The summed E-state index contributed by atoms with van der Waals surface area (Å²) in [6.45, 7) is 13.9. The summed E-state index contributed by atoms with van der Waals surface area (Å²) in [6, 6.07) is 10.8. The second kappa shape index (κ2) is 25.0. The Morgan fingerprint density at radius 2 is 0.780 bits per heavy atom. The summed E-state index contributed by atoms with van der Waals surface area (Å²) in [7, 11) is 0. The van der Waals surface area contributed by atoms with E-state index in [-0.39, 0.29) is 11.5 Å². The van der Waals surface area contributed by atoms with E-state index in [9.17, 15) is 10.2 Å². The lowest BCUT2D eigenvalue weighted by Gasteiger charge is -2.35. The first-order chi connectivity index (χ1) is 24.1. The van der Waals surface area contributed by atoms with Gasteiger partial charge in [0.15, 0.2) is 0 Å². The Morgan fingerprint density at radius 3 is 1.08 bits per heavy atom. The molecule has 0 bridgehead atoms. The second-order valence-electron chi connectivity index (χ2n) is 15.1. The summed E-state index contributed by atoms with van der Waals surface area (Å²) in [5, 5.41) is 21.4. The van der Waals surface area contributed by atoms with Gasteiger partial charge in [-0.15, -0.1) is 0 Å². The van der Waals surface area contributed by atoms with Crippen molar-refractivity contribution in [2.75, 3.05) is 13.2 Å².